The number of carbonyl (C=O) groups excluding carboxylic acids is 1. The van der Waals surface area contributed by atoms with Gasteiger partial charge in [-0.1, -0.05) is 37.6 Å². The molecule has 1 aliphatic rings. The fourth-order valence-corrected chi connectivity index (χ4v) is 2.98. The summed E-state index contributed by atoms with van der Waals surface area (Å²) < 4.78 is 11.1. The molecule has 0 aromatic heterocycles. The number of benzene rings is 1. The van der Waals surface area contributed by atoms with E-state index in [1.807, 2.05) is 31.2 Å². The molecule has 5 heteroatoms. The zero-order chi connectivity index (χ0) is 16.9. The Morgan fingerprint density at radius 2 is 1.87 bits per heavy atom. The first-order valence-electron chi connectivity index (χ1n) is 8.20. The van der Waals surface area contributed by atoms with Crippen molar-refractivity contribution in [1.82, 2.24) is 5.32 Å². The van der Waals surface area contributed by atoms with E-state index in [1.54, 1.807) is 0 Å². The van der Waals surface area contributed by atoms with Gasteiger partial charge in [0, 0.05) is 24.4 Å². The predicted molar refractivity (Wildman–Crippen MR) is 91.6 cm³/mol. The van der Waals surface area contributed by atoms with Crippen molar-refractivity contribution in [3.63, 3.8) is 0 Å². The van der Waals surface area contributed by atoms with Gasteiger partial charge < -0.3 is 14.8 Å². The van der Waals surface area contributed by atoms with E-state index in [0.29, 0.717) is 43.5 Å². The van der Waals surface area contributed by atoms with Gasteiger partial charge in [-0.05, 0) is 36.5 Å². The van der Waals surface area contributed by atoms with E-state index in [4.69, 9.17) is 21.1 Å². The molecule has 1 N–H and O–H groups in total. The van der Waals surface area contributed by atoms with Gasteiger partial charge in [-0.2, -0.15) is 0 Å². The summed E-state index contributed by atoms with van der Waals surface area (Å²) in [6, 6.07) is 7.75. The number of halogens is 1. The third-order valence-electron chi connectivity index (χ3n) is 4.31. The molecule has 4 nitrogen and oxygen atoms in total. The quantitative estimate of drug-likeness (QED) is 0.823. The van der Waals surface area contributed by atoms with E-state index in [1.165, 1.54) is 0 Å². The molecule has 2 rings (SSSR count). The Kier molecular flexibility index (Phi) is 6.45. The van der Waals surface area contributed by atoms with Crippen LogP contribution in [0.2, 0.25) is 5.02 Å². The van der Waals surface area contributed by atoms with Crippen molar-refractivity contribution in [3.8, 4) is 0 Å². The molecule has 0 saturated carbocycles. The number of hydrogen-bond donors (Lipinski definition) is 1. The average Bonchev–Trinajstić information content (AvgIpc) is 2.92. The summed E-state index contributed by atoms with van der Waals surface area (Å²) in [6.45, 7) is 7.98. The first-order valence-corrected chi connectivity index (χ1v) is 8.57. The molecule has 1 saturated heterocycles. The topological polar surface area (TPSA) is 47.6 Å². The van der Waals surface area contributed by atoms with Crippen molar-refractivity contribution < 1.29 is 14.3 Å². The van der Waals surface area contributed by atoms with Crippen LogP contribution in [0.3, 0.4) is 0 Å². The van der Waals surface area contributed by atoms with Crippen LogP contribution in [0.4, 0.5) is 0 Å². The van der Waals surface area contributed by atoms with Crippen LogP contribution in [0.15, 0.2) is 24.3 Å². The summed E-state index contributed by atoms with van der Waals surface area (Å²) in [5.41, 5.74) is 1.15. The van der Waals surface area contributed by atoms with E-state index in [2.05, 4.69) is 19.2 Å². The van der Waals surface area contributed by atoms with Crippen LogP contribution in [0.25, 0.3) is 0 Å². The number of carbonyl (C=O) groups is 1. The second kappa shape index (κ2) is 8.13. The highest BCUT2D eigenvalue weighted by atomic mass is 35.5. The summed E-state index contributed by atoms with van der Waals surface area (Å²) in [5.74, 6) is 0.0593. The van der Waals surface area contributed by atoms with Crippen molar-refractivity contribution in [3.05, 3.63) is 34.9 Å². The van der Waals surface area contributed by atoms with E-state index in [9.17, 15) is 4.79 Å². The van der Waals surface area contributed by atoms with Crippen LogP contribution < -0.4 is 5.32 Å². The lowest BCUT2D eigenvalue weighted by Gasteiger charge is -2.23. The Hall–Kier alpha value is -1.10. The molecule has 1 amide bonds. The highest BCUT2D eigenvalue weighted by Gasteiger charge is 2.30. The number of rotatable bonds is 7. The Bertz CT molecular complexity index is 510. The number of nitrogens with one attached hydrogen (secondary N) is 1. The smallest absolute Gasteiger partial charge is 0.220 e. The third kappa shape index (κ3) is 5.48. The van der Waals surface area contributed by atoms with Crippen molar-refractivity contribution in [2.75, 3.05) is 19.8 Å². The Balaban J connectivity index is 1.84. The highest BCUT2D eigenvalue weighted by molar-refractivity contribution is 6.30. The summed E-state index contributed by atoms with van der Waals surface area (Å²) in [4.78, 5) is 12.3. The van der Waals surface area contributed by atoms with Crippen LogP contribution in [0, 0.1) is 5.92 Å². The monoisotopic (exact) mass is 339 g/mol. The molecular formula is C18H26ClNO3. The minimum atomic E-state index is -0.555. The zero-order valence-corrected chi connectivity index (χ0v) is 14.9. The predicted octanol–water partition coefficient (Wildman–Crippen LogP) is 3.74. The van der Waals surface area contributed by atoms with Gasteiger partial charge in [-0.25, -0.2) is 0 Å². The van der Waals surface area contributed by atoms with Gasteiger partial charge in [0.1, 0.15) is 0 Å². The van der Waals surface area contributed by atoms with Gasteiger partial charge in [-0.15, -0.1) is 0 Å². The number of hydrogen-bond acceptors (Lipinski definition) is 3. The maximum Gasteiger partial charge on any atom is 0.220 e. The minimum Gasteiger partial charge on any atom is -0.356 e. The molecule has 1 unspecified atom stereocenters. The fourth-order valence-electron chi connectivity index (χ4n) is 2.85. The molecular weight excluding hydrogens is 314 g/mol. The average molecular weight is 340 g/mol. The molecule has 0 spiro atoms. The van der Waals surface area contributed by atoms with Gasteiger partial charge in [-0.3, -0.25) is 4.79 Å². The summed E-state index contributed by atoms with van der Waals surface area (Å²) in [5, 5.41) is 3.69. The molecule has 1 fully saturated rings. The molecule has 0 bridgehead atoms. The molecule has 0 radical (unpaired) electrons. The summed E-state index contributed by atoms with van der Waals surface area (Å²) in [7, 11) is 0. The highest BCUT2D eigenvalue weighted by Crippen LogP contribution is 2.29. The minimum absolute atomic E-state index is 0.0558. The molecule has 128 valence electrons. The van der Waals surface area contributed by atoms with E-state index in [0.717, 1.165) is 5.56 Å². The molecule has 0 aliphatic carbocycles. The number of ether oxygens (including phenoxy) is 2. The van der Waals surface area contributed by atoms with Crippen molar-refractivity contribution in [2.45, 2.75) is 45.3 Å². The van der Waals surface area contributed by atoms with Gasteiger partial charge in [0.05, 0.1) is 13.2 Å². The summed E-state index contributed by atoms with van der Waals surface area (Å²) in [6.07, 6.45) is 1.13. The van der Waals surface area contributed by atoms with Gasteiger partial charge >= 0.3 is 0 Å². The molecule has 1 aromatic carbocycles. The fraction of sp³-hybridized carbons (Fsp3) is 0.611. The van der Waals surface area contributed by atoms with Crippen LogP contribution in [0.1, 0.15) is 45.1 Å². The SMILES string of the molecule is CC(C)C(CC(=O)NCCC1(C)OCCO1)c1ccc(Cl)cc1. The first kappa shape index (κ1) is 18.2. The largest absolute Gasteiger partial charge is 0.356 e. The van der Waals surface area contributed by atoms with Crippen LogP contribution in [-0.2, 0) is 14.3 Å². The Labute approximate surface area is 143 Å². The lowest BCUT2D eigenvalue weighted by Crippen LogP contribution is -2.34. The number of amides is 1. The van der Waals surface area contributed by atoms with Gasteiger partial charge in [0.15, 0.2) is 5.79 Å². The molecule has 1 aromatic rings. The lowest BCUT2D eigenvalue weighted by molar-refractivity contribution is -0.146. The van der Waals surface area contributed by atoms with Crippen molar-refractivity contribution in [2.24, 2.45) is 5.92 Å². The van der Waals surface area contributed by atoms with Crippen molar-refractivity contribution >= 4 is 17.5 Å². The zero-order valence-electron chi connectivity index (χ0n) is 14.1. The van der Waals surface area contributed by atoms with Crippen LogP contribution in [-0.4, -0.2) is 31.5 Å². The van der Waals surface area contributed by atoms with Crippen molar-refractivity contribution in [1.29, 1.82) is 0 Å². The third-order valence-corrected chi connectivity index (χ3v) is 4.56. The first-order chi connectivity index (χ1) is 10.9. The van der Waals surface area contributed by atoms with E-state index < -0.39 is 5.79 Å². The normalized spacial score (nSPS) is 18.1. The van der Waals surface area contributed by atoms with Crippen LogP contribution in [0.5, 0.6) is 0 Å². The van der Waals surface area contributed by atoms with E-state index in [-0.39, 0.29) is 11.8 Å². The Morgan fingerprint density at radius 3 is 2.43 bits per heavy atom. The van der Waals surface area contributed by atoms with Gasteiger partial charge in [0.2, 0.25) is 5.91 Å². The second-order valence-electron chi connectivity index (χ2n) is 6.54. The standard InChI is InChI=1S/C18H26ClNO3/c1-13(2)16(14-4-6-15(19)7-5-14)12-17(21)20-9-8-18(3)22-10-11-23-18/h4-7,13,16H,8-12H2,1-3H3,(H,20,21). The second-order valence-corrected chi connectivity index (χ2v) is 6.97. The molecule has 1 heterocycles. The van der Waals surface area contributed by atoms with E-state index >= 15 is 0 Å². The van der Waals surface area contributed by atoms with Gasteiger partial charge in [0.25, 0.3) is 0 Å². The molecule has 23 heavy (non-hydrogen) atoms. The maximum absolute atomic E-state index is 12.3. The van der Waals surface area contributed by atoms with Crippen LogP contribution >= 0.6 is 11.6 Å². The molecule has 1 aliphatic heterocycles. The summed E-state index contributed by atoms with van der Waals surface area (Å²) >= 11 is 5.94. The Morgan fingerprint density at radius 1 is 1.26 bits per heavy atom. The lowest BCUT2D eigenvalue weighted by atomic mass is 9.85. The molecule has 1 atom stereocenters. The maximum atomic E-state index is 12.3.